The maximum atomic E-state index is 3.88. The molecule has 0 radical (unpaired) electrons. The van der Waals surface area contributed by atoms with Crippen molar-refractivity contribution in [3.05, 3.63) is 22.4 Å². The molecule has 2 atom stereocenters. The van der Waals surface area contributed by atoms with Crippen LogP contribution in [0.1, 0.15) is 57.6 Å². The normalized spacial score (nSPS) is 29.5. The number of rotatable bonds is 2. The van der Waals surface area contributed by atoms with Crippen LogP contribution in [0.25, 0.3) is 0 Å². The third kappa shape index (κ3) is 2.74. The van der Waals surface area contributed by atoms with E-state index in [-0.39, 0.29) is 0 Å². The summed E-state index contributed by atoms with van der Waals surface area (Å²) in [6, 6.07) is 3.49. The number of nitrogens with one attached hydrogen (secondary N) is 1. The van der Waals surface area contributed by atoms with Crippen molar-refractivity contribution in [3.8, 4) is 0 Å². The molecule has 0 aromatic carbocycles. The second-order valence-electron chi connectivity index (χ2n) is 6.48. The first-order valence-electron chi connectivity index (χ1n) is 7.73. The van der Waals surface area contributed by atoms with Crippen molar-refractivity contribution in [2.24, 2.45) is 0 Å². The number of nitrogens with zero attached hydrogens (tertiary/aromatic N) is 1. The molecule has 0 bridgehead atoms. The fourth-order valence-electron chi connectivity index (χ4n) is 3.83. The van der Waals surface area contributed by atoms with Crippen LogP contribution in [0.3, 0.4) is 0 Å². The van der Waals surface area contributed by atoms with Crippen LogP contribution in [0.5, 0.6) is 0 Å². The topological polar surface area (TPSA) is 15.3 Å². The lowest BCUT2D eigenvalue weighted by Gasteiger charge is -2.50. The van der Waals surface area contributed by atoms with Gasteiger partial charge in [0.1, 0.15) is 0 Å². The molecule has 1 saturated heterocycles. The molecule has 1 aromatic rings. The molecule has 2 fully saturated rings. The van der Waals surface area contributed by atoms with E-state index in [1.807, 2.05) is 11.3 Å². The molecule has 3 heteroatoms. The summed E-state index contributed by atoms with van der Waals surface area (Å²) >= 11 is 1.82. The number of hydrogen-bond donors (Lipinski definition) is 1. The summed E-state index contributed by atoms with van der Waals surface area (Å²) in [5, 5.41) is 8.39. The molecule has 1 spiro atoms. The number of thiophene rings is 1. The highest BCUT2D eigenvalue weighted by Gasteiger charge is 2.40. The van der Waals surface area contributed by atoms with Gasteiger partial charge in [-0.05, 0) is 49.1 Å². The van der Waals surface area contributed by atoms with E-state index < -0.39 is 0 Å². The number of piperazine rings is 1. The van der Waals surface area contributed by atoms with Gasteiger partial charge in [-0.15, -0.1) is 0 Å². The van der Waals surface area contributed by atoms with Gasteiger partial charge in [-0.1, -0.05) is 19.3 Å². The van der Waals surface area contributed by atoms with Gasteiger partial charge in [0, 0.05) is 30.7 Å². The molecule has 2 heterocycles. The third-order valence-corrected chi connectivity index (χ3v) is 5.86. The molecule has 2 aliphatic rings. The van der Waals surface area contributed by atoms with Gasteiger partial charge in [-0.25, -0.2) is 0 Å². The van der Waals surface area contributed by atoms with Gasteiger partial charge in [0.05, 0.1) is 0 Å². The Kier molecular flexibility index (Phi) is 3.97. The lowest BCUT2D eigenvalue weighted by Crippen LogP contribution is -2.64. The van der Waals surface area contributed by atoms with Crippen LogP contribution in [0.15, 0.2) is 16.8 Å². The van der Waals surface area contributed by atoms with Crippen LogP contribution >= 0.6 is 11.3 Å². The standard InChI is InChI=1S/C16H26N2S/c1-13-10-17-16(7-4-3-5-8-16)12-18(13)14(2)15-6-9-19-11-15/h6,9,11,13-14,17H,3-5,7-8,10,12H2,1-2H3. The average molecular weight is 278 g/mol. The minimum Gasteiger partial charge on any atom is -0.308 e. The Bertz CT molecular complexity index is 395. The van der Waals surface area contributed by atoms with Gasteiger partial charge < -0.3 is 5.32 Å². The lowest BCUT2D eigenvalue weighted by molar-refractivity contribution is 0.0357. The molecule has 1 saturated carbocycles. The summed E-state index contributed by atoms with van der Waals surface area (Å²) in [7, 11) is 0. The van der Waals surface area contributed by atoms with Crippen LogP contribution in [-0.4, -0.2) is 29.6 Å². The van der Waals surface area contributed by atoms with Gasteiger partial charge in [0.15, 0.2) is 0 Å². The highest BCUT2D eigenvalue weighted by molar-refractivity contribution is 7.07. The van der Waals surface area contributed by atoms with Crippen molar-refractivity contribution in [2.45, 2.75) is 63.6 Å². The van der Waals surface area contributed by atoms with E-state index in [1.165, 1.54) is 44.2 Å². The highest BCUT2D eigenvalue weighted by atomic mass is 32.1. The fourth-order valence-corrected chi connectivity index (χ4v) is 4.58. The van der Waals surface area contributed by atoms with Crippen molar-refractivity contribution in [3.63, 3.8) is 0 Å². The van der Waals surface area contributed by atoms with Crippen molar-refractivity contribution < 1.29 is 0 Å². The van der Waals surface area contributed by atoms with Crippen LogP contribution in [-0.2, 0) is 0 Å². The predicted octanol–water partition coefficient (Wildman–Crippen LogP) is 3.81. The van der Waals surface area contributed by atoms with Crippen LogP contribution in [0, 0.1) is 0 Å². The monoisotopic (exact) mass is 278 g/mol. The summed E-state index contributed by atoms with van der Waals surface area (Å²) < 4.78 is 0. The van der Waals surface area contributed by atoms with E-state index in [9.17, 15) is 0 Å². The first kappa shape index (κ1) is 13.6. The molecule has 106 valence electrons. The first-order chi connectivity index (χ1) is 9.20. The van der Waals surface area contributed by atoms with Gasteiger partial charge >= 0.3 is 0 Å². The molecule has 0 amide bonds. The molecular weight excluding hydrogens is 252 g/mol. The summed E-state index contributed by atoms with van der Waals surface area (Å²) in [5.74, 6) is 0. The van der Waals surface area contributed by atoms with Crippen LogP contribution in [0.4, 0.5) is 0 Å². The zero-order valence-electron chi connectivity index (χ0n) is 12.2. The van der Waals surface area contributed by atoms with Gasteiger partial charge in [-0.2, -0.15) is 11.3 Å². The molecule has 1 aliphatic heterocycles. The zero-order valence-corrected chi connectivity index (χ0v) is 13.0. The van der Waals surface area contributed by atoms with Crippen LogP contribution < -0.4 is 5.32 Å². The molecule has 2 unspecified atom stereocenters. The van der Waals surface area contributed by atoms with Gasteiger partial charge in [-0.3, -0.25) is 4.90 Å². The quantitative estimate of drug-likeness (QED) is 0.885. The van der Waals surface area contributed by atoms with E-state index in [0.29, 0.717) is 17.6 Å². The average Bonchev–Trinajstić information content (AvgIpc) is 2.96. The Morgan fingerprint density at radius 2 is 2.16 bits per heavy atom. The Labute approximate surface area is 121 Å². The highest BCUT2D eigenvalue weighted by Crippen LogP contribution is 2.35. The lowest BCUT2D eigenvalue weighted by atomic mass is 9.79. The maximum absolute atomic E-state index is 3.88. The zero-order chi connectivity index (χ0) is 13.3. The van der Waals surface area contributed by atoms with E-state index >= 15 is 0 Å². The Hall–Kier alpha value is -0.380. The largest absolute Gasteiger partial charge is 0.308 e. The Balaban J connectivity index is 1.75. The van der Waals surface area contributed by atoms with Gasteiger partial charge in [0.2, 0.25) is 0 Å². The molecule has 2 nitrogen and oxygen atoms in total. The first-order valence-corrected chi connectivity index (χ1v) is 8.67. The van der Waals surface area contributed by atoms with E-state index in [4.69, 9.17) is 0 Å². The SMILES string of the molecule is CC1CNC2(CCCCC2)CN1C(C)c1ccsc1. The molecule has 1 N–H and O–H groups in total. The van der Waals surface area contributed by atoms with Gasteiger partial charge in [0.25, 0.3) is 0 Å². The van der Waals surface area contributed by atoms with Crippen molar-refractivity contribution in [2.75, 3.05) is 13.1 Å². The molecule has 19 heavy (non-hydrogen) atoms. The van der Waals surface area contributed by atoms with E-state index in [0.717, 1.165) is 6.54 Å². The summed E-state index contributed by atoms with van der Waals surface area (Å²) in [4.78, 5) is 2.73. The number of hydrogen-bond acceptors (Lipinski definition) is 3. The summed E-state index contributed by atoms with van der Waals surface area (Å²) in [5.41, 5.74) is 1.90. The molecule has 3 rings (SSSR count). The van der Waals surface area contributed by atoms with Crippen molar-refractivity contribution in [1.29, 1.82) is 0 Å². The molecular formula is C16H26N2S. The fraction of sp³-hybridized carbons (Fsp3) is 0.750. The summed E-state index contributed by atoms with van der Waals surface area (Å²) in [6.07, 6.45) is 6.97. The van der Waals surface area contributed by atoms with E-state index in [2.05, 4.69) is 40.9 Å². The maximum Gasteiger partial charge on any atom is 0.0332 e. The molecule has 1 aromatic heterocycles. The second kappa shape index (κ2) is 5.55. The third-order valence-electron chi connectivity index (χ3n) is 5.16. The Morgan fingerprint density at radius 1 is 1.37 bits per heavy atom. The van der Waals surface area contributed by atoms with Crippen molar-refractivity contribution in [1.82, 2.24) is 10.2 Å². The summed E-state index contributed by atoms with van der Waals surface area (Å²) in [6.45, 7) is 7.12. The second-order valence-corrected chi connectivity index (χ2v) is 7.26. The van der Waals surface area contributed by atoms with E-state index in [1.54, 1.807) is 0 Å². The smallest absolute Gasteiger partial charge is 0.0332 e. The minimum absolute atomic E-state index is 0.412. The minimum atomic E-state index is 0.412. The van der Waals surface area contributed by atoms with Crippen molar-refractivity contribution >= 4 is 11.3 Å². The van der Waals surface area contributed by atoms with Crippen LogP contribution in [0.2, 0.25) is 0 Å². The predicted molar refractivity (Wildman–Crippen MR) is 82.7 cm³/mol. The molecule has 1 aliphatic carbocycles. The Morgan fingerprint density at radius 3 is 2.84 bits per heavy atom.